The Morgan fingerprint density at radius 3 is 2.64 bits per heavy atom. The number of rotatable bonds is 3. The Hall–Kier alpha value is -2.15. The van der Waals surface area contributed by atoms with E-state index in [2.05, 4.69) is 41.8 Å². The van der Waals surface area contributed by atoms with Crippen molar-refractivity contribution in [1.82, 2.24) is 24.3 Å². The van der Waals surface area contributed by atoms with Gasteiger partial charge in [-0.2, -0.15) is 0 Å². The molecular weight excluding hydrogens is 334 g/mol. The van der Waals surface area contributed by atoms with Gasteiger partial charge in [0.25, 0.3) is 5.56 Å². The van der Waals surface area contributed by atoms with E-state index in [4.69, 9.17) is 0 Å². The minimum atomic E-state index is -0.0664. The van der Waals surface area contributed by atoms with Crippen LogP contribution in [-0.2, 0) is 5.41 Å². The summed E-state index contributed by atoms with van der Waals surface area (Å²) in [5.41, 5.74) is 2.50. The largest absolute Gasteiger partial charge is 0.278 e. The number of hydrogen-bond donors (Lipinski definition) is 0. The Bertz CT molecular complexity index is 1010. The minimum Gasteiger partial charge on any atom is -0.267 e. The lowest BCUT2D eigenvalue weighted by molar-refractivity contribution is 0.549. The van der Waals surface area contributed by atoms with Gasteiger partial charge in [-0.25, -0.2) is 19.3 Å². The van der Waals surface area contributed by atoms with Crippen LogP contribution in [0.15, 0.2) is 34.5 Å². The van der Waals surface area contributed by atoms with Gasteiger partial charge in [0.1, 0.15) is 5.39 Å². The molecule has 0 radical (unpaired) electrons. The second-order valence-electron chi connectivity index (χ2n) is 7.44. The number of hydrogen-bond acceptors (Lipinski definition) is 5. The van der Waals surface area contributed by atoms with Crippen molar-refractivity contribution in [1.29, 1.82) is 0 Å². The van der Waals surface area contributed by atoms with Crippen LogP contribution in [0.25, 0.3) is 16.7 Å². The molecule has 0 spiro atoms. The fourth-order valence-corrected chi connectivity index (χ4v) is 3.28. The molecule has 1 aliphatic carbocycles. The van der Waals surface area contributed by atoms with Crippen molar-refractivity contribution in [2.75, 3.05) is 6.26 Å². The standard InChI is InChI=1S/C18H21N5OS/c1-18(2,3)14-9-12(7-8-19-14)22-15-13(10-20-17(21-15)25-4)16(24)23(22)11-5-6-11/h7-11H,5-6H2,1-4H3. The van der Waals surface area contributed by atoms with E-state index in [1.54, 1.807) is 12.4 Å². The maximum Gasteiger partial charge on any atom is 0.278 e. The molecule has 25 heavy (non-hydrogen) atoms. The van der Waals surface area contributed by atoms with Gasteiger partial charge in [-0.15, -0.1) is 0 Å². The molecule has 0 unspecified atom stereocenters. The molecule has 1 aliphatic rings. The molecule has 0 aliphatic heterocycles. The zero-order chi connectivity index (χ0) is 17.8. The van der Waals surface area contributed by atoms with Gasteiger partial charge in [0.15, 0.2) is 10.8 Å². The van der Waals surface area contributed by atoms with Crippen LogP contribution in [0.1, 0.15) is 45.3 Å². The van der Waals surface area contributed by atoms with Gasteiger partial charge in [0.2, 0.25) is 0 Å². The van der Waals surface area contributed by atoms with Crippen LogP contribution in [0.5, 0.6) is 0 Å². The van der Waals surface area contributed by atoms with Crippen LogP contribution in [0, 0.1) is 0 Å². The fraction of sp³-hybridized carbons (Fsp3) is 0.444. The lowest BCUT2D eigenvalue weighted by Crippen LogP contribution is -2.22. The number of aromatic nitrogens is 5. The smallest absolute Gasteiger partial charge is 0.267 e. The molecule has 3 aromatic rings. The Morgan fingerprint density at radius 2 is 2.00 bits per heavy atom. The molecule has 130 valence electrons. The molecule has 3 heterocycles. The second kappa shape index (κ2) is 5.69. The summed E-state index contributed by atoms with van der Waals surface area (Å²) in [6.45, 7) is 6.40. The van der Waals surface area contributed by atoms with Gasteiger partial charge in [-0.05, 0) is 31.2 Å². The van der Waals surface area contributed by atoms with Crippen LogP contribution in [0.3, 0.4) is 0 Å². The van der Waals surface area contributed by atoms with Crippen LogP contribution >= 0.6 is 11.8 Å². The van der Waals surface area contributed by atoms with Gasteiger partial charge in [-0.1, -0.05) is 32.5 Å². The van der Waals surface area contributed by atoms with Crippen molar-refractivity contribution in [3.05, 3.63) is 40.6 Å². The Labute approximate surface area is 150 Å². The highest BCUT2D eigenvalue weighted by molar-refractivity contribution is 7.98. The Kier molecular flexibility index (Phi) is 3.72. The highest BCUT2D eigenvalue weighted by Crippen LogP contribution is 2.36. The second-order valence-corrected chi connectivity index (χ2v) is 8.21. The van der Waals surface area contributed by atoms with E-state index in [1.807, 2.05) is 21.7 Å². The van der Waals surface area contributed by atoms with Crippen molar-refractivity contribution in [2.45, 2.75) is 50.2 Å². The molecule has 1 fully saturated rings. The van der Waals surface area contributed by atoms with Crippen molar-refractivity contribution in [3.63, 3.8) is 0 Å². The fourth-order valence-electron chi connectivity index (χ4n) is 2.94. The third-order valence-corrected chi connectivity index (χ3v) is 4.99. The summed E-state index contributed by atoms with van der Waals surface area (Å²) in [5, 5.41) is 1.23. The van der Waals surface area contributed by atoms with E-state index in [9.17, 15) is 4.79 Å². The minimum absolute atomic E-state index is 0.0146. The monoisotopic (exact) mass is 355 g/mol. The predicted molar refractivity (Wildman–Crippen MR) is 99.7 cm³/mol. The number of thioether (sulfide) groups is 1. The first-order chi connectivity index (χ1) is 11.9. The Balaban J connectivity index is 2.03. The molecule has 0 amide bonds. The van der Waals surface area contributed by atoms with Gasteiger partial charge in [-0.3, -0.25) is 9.78 Å². The summed E-state index contributed by atoms with van der Waals surface area (Å²) < 4.78 is 3.79. The summed E-state index contributed by atoms with van der Waals surface area (Å²) in [7, 11) is 0. The molecular formula is C18H21N5OS. The lowest BCUT2D eigenvalue weighted by atomic mass is 9.91. The molecule has 6 nitrogen and oxygen atoms in total. The average Bonchev–Trinajstić information content (AvgIpc) is 3.38. The Morgan fingerprint density at radius 1 is 1.24 bits per heavy atom. The first kappa shape index (κ1) is 16.3. The van der Waals surface area contributed by atoms with Crippen LogP contribution in [0.4, 0.5) is 0 Å². The maximum atomic E-state index is 12.9. The molecule has 4 rings (SSSR count). The first-order valence-corrected chi connectivity index (χ1v) is 9.64. The van der Waals surface area contributed by atoms with Crippen LogP contribution in [0.2, 0.25) is 0 Å². The normalized spacial score (nSPS) is 15.0. The topological polar surface area (TPSA) is 65.6 Å². The summed E-state index contributed by atoms with van der Waals surface area (Å²) in [6.07, 6.45) is 7.44. The SMILES string of the molecule is CSc1ncc2c(=O)n(C3CC3)n(-c3ccnc(C(C)(C)C)c3)c2n1. The van der Waals surface area contributed by atoms with E-state index in [0.29, 0.717) is 16.2 Å². The van der Waals surface area contributed by atoms with E-state index in [0.717, 1.165) is 24.2 Å². The van der Waals surface area contributed by atoms with Crippen LogP contribution in [-0.4, -0.2) is 30.6 Å². The average molecular weight is 355 g/mol. The number of pyridine rings is 1. The predicted octanol–water partition coefficient (Wildman–Crippen LogP) is 3.33. The van der Waals surface area contributed by atoms with Crippen molar-refractivity contribution in [3.8, 4) is 5.69 Å². The summed E-state index contributed by atoms with van der Waals surface area (Å²) in [6, 6.07) is 4.23. The van der Waals surface area contributed by atoms with E-state index in [-0.39, 0.29) is 17.0 Å². The molecule has 0 bridgehead atoms. The zero-order valence-electron chi connectivity index (χ0n) is 14.9. The molecule has 0 N–H and O–H groups in total. The number of nitrogens with zero attached hydrogens (tertiary/aromatic N) is 5. The van der Waals surface area contributed by atoms with E-state index < -0.39 is 0 Å². The van der Waals surface area contributed by atoms with Gasteiger partial charge >= 0.3 is 0 Å². The summed E-state index contributed by atoms with van der Waals surface area (Å²) >= 11 is 1.47. The third kappa shape index (κ3) is 2.76. The molecule has 0 aromatic carbocycles. The maximum absolute atomic E-state index is 12.9. The highest BCUT2D eigenvalue weighted by Gasteiger charge is 2.31. The van der Waals surface area contributed by atoms with Crippen molar-refractivity contribution in [2.24, 2.45) is 0 Å². The van der Waals surface area contributed by atoms with Gasteiger partial charge in [0.05, 0.1) is 11.7 Å². The summed E-state index contributed by atoms with van der Waals surface area (Å²) in [4.78, 5) is 26.3. The summed E-state index contributed by atoms with van der Waals surface area (Å²) in [5.74, 6) is 0. The lowest BCUT2D eigenvalue weighted by Gasteiger charge is -2.19. The molecule has 3 aromatic heterocycles. The molecule has 0 atom stereocenters. The van der Waals surface area contributed by atoms with Crippen LogP contribution < -0.4 is 5.56 Å². The zero-order valence-corrected chi connectivity index (χ0v) is 15.7. The van der Waals surface area contributed by atoms with Crippen molar-refractivity contribution < 1.29 is 0 Å². The van der Waals surface area contributed by atoms with Crippen molar-refractivity contribution >= 4 is 22.8 Å². The molecule has 7 heteroatoms. The van der Waals surface area contributed by atoms with Gasteiger partial charge < -0.3 is 0 Å². The molecule has 1 saturated carbocycles. The third-order valence-electron chi connectivity index (χ3n) is 4.43. The molecule has 0 saturated heterocycles. The first-order valence-electron chi connectivity index (χ1n) is 8.41. The number of fused-ring (bicyclic) bond motifs is 1. The highest BCUT2D eigenvalue weighted by atomic mass is 32.2. The van der Waals surface area contributed by atoms with Gasteiger partial charge in [0, 0.05) is 23.5 Å². The van der Waals surface area contributed by atoms with E-state index in [1.165, 1.54) is 11.8 Å². The van der Waals surface area contributed by atoms with E-state index >= 15 is 0 Å². The quantitative estimate of drug-likeness (QED) is 0.532.